The van der Waals surface area contributed by atoms with Crippen LogP contribution in [0.5, 0.6) is 0 Å². The summed E-state index contributed by atoms with van der Waals surface area (Å²) in [6.45, 7) is 2.83. The molecule has 0 atom stereocenters. The van der Waals surface area contributed by atoms with Gasteiger partial charge in [0, 0.05) is 18.1 Å². The van der Waals surface area contributed by atoms with Crippen molar-refractivity contribution in [3.8, 4) is 0 Å². The molecule has 1 aromatic carbocycles. The van der Waals surface area contributed by atoms with Gasteiger partial charge in [-0.25, -0.2) is 4.98 Å². The molecule has 1 aromatic heterocycles. The van der Waals surface area contributed by atoms with Crippen LogP contribution in [-0.4, -0.2) is 16.6 Å². The fourth-order valence-corrected chi connectivity index (χ4v) is 1.81. The lowest BCUT2D eigenvalue weighted by Crippen LogP contribution is -2.27. The Balaban J connectivity index is 0.000000202. The van der Waals surface area contributed by atoms with Crippen molar-refractivity contribution in [2.24, 2.45) is 0 Å². The van der Waals surface area contributed by atoms with Gasteiger partial charge in [-0.2, -0.15) is 0 Å². The number of nitrogens with zero attached hydrogens (tertiary/aromatic N) is 1. The topological polar surface area (TPSA) is 37.0 Å². The van der Waals surface area contributed by atoms with E-state index in [2.05, 4.69) is 15.6 Å². The first-order valence-electron chi connectivity index (χ1n) is 5.27. The molecular formula is C12H15N3S2. The van der Waals surface area contributed by atoms with Crippen molar-refractivity contribution in [2.75, 3.05) is 11.9 Å². The molecule has 2 N–H and O–H groups in total. The number of aromatic nitrogens is 1. The molecule has 0 fully saturated rings. The van der Waals surface area contributed by atoms with Crippen LogP contribution < -0.4 is 10.6 Å². The summed E-state index contributed by atoms with van der Waals surface area (Å²) in [4.78, 5) is 4.02. The summed E-state index contributed by atoms with van der Waals surface area (Å²) in [6, 6.07) is 12.0. The van der Waals surface area contributed by atoms with Crippen LogP contribution in [0.25, 0.3) is 0 Å². The van der Waals surface area contributed by atoms with Gasteiger partial charge in [0.15, 0.2) is 10.2 Å². The number of rotatable bonds is 2. The second-order valence-corrected chi connectivity index (χ2v) is 4.28. The SMILES string of the molecule is CCNC(=S)Nc1nccs1.c1ccccc1. The van der Waals surface area contributed by atoms with Gasteiger partial charge < -0.3 is 10.6 Å². The molecule has 0 aliphatic carbocycles. The summed E-state index contributed by atoms with van der Waals surface area (Å²) >= 11 is 6.47. The van der Waals surface area contributed by atoms with E-state index < -0.39 is 0 Å². The number of anilines is 1. The minimum Gasteiger partial charge on any atom is -0.363 e. The molecule has 2 aromatic rings. The van der Waals surface area contributed by atoms with Gasteiger partial charge in [0.05, 0.1) is 0 Å². The van der Waals surface area contributed by atoms with Crippen LogP contribution in [0.3, 0.4) is 0 Å². The molecule has 90 valence electrons. The van der Waals surface area contributed by atoms with E-state index in [1.165, 1.54) is 11.3 Å². The second-order valence-electron chi connectivity index (χ2n) is 2.98. The third-order valence-corrected chi connectivity index (χ3v) is 2.59. The Labute approximate surface area is 111 Å². The van der Waals surface area contributed by atoms with Crippen molar-refractivity contribution in [1.82, 2.24) is 10.3 Å². The summed E-state index contributed by atoms with van der Waals surface area (Å²) in [7, 11) is 0. The molecule has 0 saturated heterocycles. The standard InChI is InChI=1S/C6H9N3S2.C6H6/c1-2-7-5(10)9-6-8-3-4-11-6;1-2-4-6-5-3-1/h3-4H,2H2,1H3,(H2,7,8,9,10);1-6H. The molecule has 0 spiro atoms. The zero-order valence-electron chi connectivity index (χ0n) is 9.59. The predicted octanol–water partition coefficient (Wildman–Crippen LogP) is 3.14. The number of benzene rings is 1. The Bertz CT molecular complexity index is 374. The number of nitrogens with one attached hydrogen (secondary N) is 2. The zero-order valence-corrected chi connectivity index (χ0v) is 11.2. The molecule has 3 nitrogen and oxygen atoms in total. The smallest absolute Gasteiger partial charge is 0.188 e. The van der Waals surface area contributed by atoms with Crippen LogP contribution in [0.15, 0.2) is 48.0 Å². The Morgan fingerprint density at radius 2 is 1.82 bits per heavy atom. The maximum Gasteiger partial charge on any atom is 0.188 e. The van der Waals surface area contributed by atoms with Crippen LogP contribution in [0, 0.1) is 0 Å². The van der Waals surface area contributed by atoms with Gasteiger partial charge in [-0.15, -0.1) is 11.3 Å². The van der Waals surface area contributed by atoms with Crippen molar-refractivity contribution in [2.45, 2.75) is 6.92 Å². The molecule has 0 saturated carbocycles. The fourth-order valence-electron chi connectivity index (χ4n) is 0.972. The molecule has 0 bridgehead atoms. The van der Waals surface area contributed by atoms with Crippen molar-refractivity contribution < 1.29 is 0 Å². The quantitative estimate of drug-likeness (QED) is 0.818. The number of hydrogen-bond acceptors (Lipinski definition) is 3. The molecule has 2 rings (SSSR count). The highest BCUT2D eigenvalue weighted by molar-refractivity contribution is 7.80. The van der Waals surface area contributed by atoms with Gasteiger partial charge in [0.25, 0.3) is 0 Å². The average Bonchev–Trinajstić information content (AvgIpc) is 2.85. The maximum atomic E-state index is 4.95. The van der Waals surface area contributed by atoms with Gasteiger partial charge in [-0.05, 0) is 19.1 Å². The van der Waals surface area contributed by atoms with E-state index in [1.807, 2.05) is 48.7 Å². The molecule has 1 heterocycles. The van der Waals surface area contributed by atoms with E-state index in [0.717, 1.165) is 11.7 Å². The molecular weight excluding hydrogens is 250 g/mol. The second kappa shape index (κ2) is 8.66. The van der Waals surface area contributed by atoms with Crippen LogP contribution in [0.2, 0.25) is 0 Å². The van der Waals surface area contributed by atoms with E-state index in [1.54, 1.807) is 6.20 Å². The lowest BCUT2D eigenvalue weighted by Gasteiger charge is -2.03. The van der Waals surface area contributed by atoms with E-state index in [-0.39, 0.29) is 0 Å². The minimum absolute atomic E-state index is 0.627. The van der Waals surface area contributed by atoms with E-state index in [0.29, 0.717) is 5.11 Å². The maximum absolute atomic E-state index is 4.95. The Kier molecular flexibility index (Phi) is 6.93. The molecule has 0 amide bonds. The highest BCUT2D eigenvalue weighted by atomic mass is 32.1. The average molecular weight is 265 g/mol. The van der Waals surface area contributed by atoms with E-state index in [4.69, 9.17) is 12.2 Å². The molecule has 5 heteroatoms. The predicted molar refractivity (Wildman–Crippen MR) is 78.5 cm³/mol. The Morgan fingerprint density at radius 3 is 2.24 bits per heavy atom. The Hall–Kier alpha value is -1.46. The summed E-state index contributed by atoms with van der Waals surface area (Å²) in [5.74, 6) is 0. The monoisotopic (exact) mass is 265 g/mol. The summed E-state index contributed by atoms with van der Waals surface area (Å²) in [6.07, 6.45) is 1.74. The van der Waals surface area contributed by atoms with Crippen molar-refractivity contribution in [3.05, 3.63) is 48.0 Å². The highest BCUT2D eigenvalue weighted by Gasteiger charge is 1.95. The van der Waals surface area contributed by atoms with Crippen LogP contribution >= 0.6 is 23.6 Å². The molecule has 0 aliphatic rings. The zero-order chi connectivity index (χ0) is 12.3. The van der Waals surface area contributed by atoms with Crippen LogP contribution in [-0.2, 0) is 0 Å². The van der Waals surface area contributed by atoms with Gasteiger partial charge in [-0.3, -0.25) is 0 Å². The van der Waals surface area contributed by atoms with Gasteiger partial charge >= 0.3 is 0 Å². The Morgan fingerprint density at radius 1 is 1.24 bits per heavy atom. The third kappa shape index (κ3) is 6.65. The van der Waals surface area contributed by atoms with Gasteiger partial charge in [0.2, 0.25) is 0 Å². The van der Waals surface area contributed by atoms with Crippen LogP contribution in [0.4, 0.5) is 5.13 Å². The van der Waals surface area contributed by atoms with Crippen molar-refractivity contribution in [1.29, 1.82) is 0 Å². The highest BCUT2D eigenvalue weighted by Crippen LogP contribution is 2.09. The first-order valence-corrected chi connectivity index (χ1v) is 6.56. The summed E-state index contributed by atoms with van der Waals surface area (Å²) in [5.41, 5.74) is 0. The van der Waals surface area contributed by atoms with Crippen LogP contribution in [0.1, 0.15) is 6.92 Å². The van der Waals surface area contributed by atoms with Gasteiger partial charge in [-0.1, -0.05) is 36.4 Å². The molecule has 0 radical (unpaired) electrons. The first kappa shape index (κ1) is 13.6. The van der Waals surface area contributed by atoms with Gasteiger partial charge in [0.1, 0.15) is 0 Å². The third-order valence-electron chi connectivity index (χ3n) is 1.66. The summed E-state index contributed by atoms with van der Waals surface area (Å²) < 4.78 is 0. The minimum atomic E-state index is 0.627. The first-order chi connectivity index (χ1) is 8.33. The van der Waals surface area contributed by atoms with Crippen molar-refractivity contribution in [3.63, 3.8) is 0 Å². The largest absolute Gasteiger partial charge is 0.363 e. The summed E-state index contributed by atoms with van der Waals surface area (Å²) in [5, 5.41) is 9.28. The molecule has 0 aliphatic heterocycles. The lowest BCUT2D eigenvalue weighted by atomic mass is 10.4. The molecule has 0 unspecified atom stereocenters. The van der Waals surface area contributed by atoms with E-state index >= 15 is 0 Å². The normalized spacial score (nSPS) is 8.76. The number of thiocarbonyl (C=S) groups is 1. The van der Waals surface area contributed by atoms with Crippen molar-refractivity contribution >= 4 is 33.8 Å². The van der Waals surface area contributed by atoms with E-state index in [9.17, 15) is 0 Å². The number of hydrogen-bond donors (Lipinski definition) is 2. The fraction of sp³-hybridized carbons (Fsp3) is 0.167. The lowest BCUT2D eigenvalue weighted by molar-refractivity contribution is 0.979. The molecule has 17 heavy (non-hydrogen) atoms. The number of thiazole rings is 1.